The molecule has 5 heteroatoms. The summed E-state index contributed by atoms with van der Waals surface area (Å²) in [7, 11) is 0. The maximum atomic E-state index is 13.0. The molecule has 13 heavy (non-hydrogen) atoms. The normalized spacial score (nSPS) is 10.1. The number of aryl methyl sites for hydroxylation is 1. The molecular weight excluding hydrogens is 197 g/mol. The lowest BCUT2D eigenvalue weighted by Gasteiger charge is -2.00. The third-order valence-electron chi connectivity index (χ3n) is 1.65. The van der Waals surface area contributed by atoms with E-state index in [1.165, 1.54) is 13.0 Å². The van der Waals surface area contributed by atoms with E-state index >= 15 is 0 Å². The Kier molecular flexibility index (Phi) is 2.83. The predicted molar refractivity (Wildman–Crippen MR) is 47.3 cm³/mol. The van der Waals surface area contributed by atoms with Gasteiger partial charge in [0.05, 0.1) is 4.92 Å². The summed E-state index contributed by atoms with van der Waals surface area (Å²) in [5.74, 6) is -0.684. The van der Waals surface area contributed by atoms with E-state index in [2.05, 4.69) is 0 Å². The first kappa shape index (κ1) is 9.92. The SMILES string of the molecule is Cc1cc(CCl)cc(F)c1[N+](=O)[O-]. The Morgan fingerprint density at radius 3 is 2.62 bits per heavy atom. The number of alkyl halides is 1. The first-order chi connectivity index (χ1) is 6.06. The minimum Gasteiger partial charge on any atom is -0.258 e. The van der Waals surface area contributed by atoms with E-state index in [-0.39, 0.29) is 5.88 Å². The van der Waals surface area contributed by atoms with Crippen LogP contribution in [0.25, 0.3) is 0 Å². The van der Waals surface area contributed by atoms with Crippen LogP contribution in [0.5, 0.6) is 0 Å². The minimum absolute atomic E-state index is 0.149. The van der Waals surface area contributed by atoms with E-state index < -0.39 is 16.4 Å². The standard InChI is InChI=1S/C8H7ClFNO2/c1-5-2-6(4-9)3-7(10)8(5)11(12)13/h2-3H,4H2,1H3. The second-order valence-electron chi connectivity index (χ2n) is 2.63. The summed E-state index contributed by atoms with van der Waals surface area (Å²) in [4.78, 5) is 9.64. The van der Waals surface area contributed by atoms with Crippen molar-refractivity contribution in [3.05, 3.63) is 39.2 Å². The number of hydrogen-bond donors (Lipinski definition) is 0. The van der Waals surface area contributed by atoms with Crippen molar-refractivity contribution in [2.24, 2.45) is 0 Å². The maximum Gasteiger partial charge on any atom is 0.307 e. The van der Waals surface area contributed by atoms with Crippen LogP contribution in [0.2, 0.25) is 0 Å². The molecule has 0 aliphatic rings. The number of rotatable bonds is 2. The molecule has 0 spiro atoms. The molecule has 0 heterocycles. The topological polar surface area (TPSA) is 43.1 Å². The Bertz CT molecular complexity index is 331. The lowest BCUT2D eigenvalue weighted by atomic mass is 10.1. The van der Waals surface area contributed by atoms with Gasteiger partial charge in [0.15, 0.2) is 0 Å². The Morgan fingerprint density at radius 2 is 2.23 bits per heavy atom. The van der Waals surface area contributed by atoms with Crippen LogP contribution in [0.4, 0.5) is 10.1 Å². The predicted octanol–water partition coefficient (Wildman–Crippen LogP) is 2.78. The summed E-state index contributed by atoms with van der Waals surface area (Å²) in [6, 6.07) is 2.59. The summed E-state index contributed by atoms with van der Waals surface area (Å²) in [5.41, 5.74) is 0.358. The van der Waals surface area contributed by atoms with Crippen molar-refractivity contribution in [2.75, 3.05) is 0 Å². The summed E-state index contributed by atoms with van der Waals surface area (Å²) in [6.07, 6.45) is 0. The van der Waals surface area contributed by atoms with Crippen LogP contribution >= 0.6 is 11.6 Å². The number of nitrogens with zero attached hydrogens (tertiary/aromatic N) is 1. The highest BCUT2D eigenvalue weighted by atomic mass is 35.5. The van der Waals surface area contributed by atoms with Crippen molar-refractivity contribution in [2.45, 2.75) is 12.8 Å². The number of nitro benzene ring substituents is 1. The van der Waals surface area contributed by atoms with E-state index in [1.54, 1.807) is 0 Å². The molecule has 0 aromatic heterocycles. The molecule has 0 saturated carbocycles. The average Bonchev–Trinajstić information content (AvgIpc) is 2.02. The molecule has 1 aromatic carbocycles. The van der Waals surface area contributed by atoms with E-state index in [9.17, 15) is 14.5 Å². The summed E-state index contributed by atoms with van der Waals surface area (Å²) < 4.78 is 13.0. The van der Waals surface area contributed by atoms with Crippen molar-refractivity contribution in [3.8, 4) is 0 Å². The van der Waals surface area contributed by atoms with E-state index in [1.807, 2.05) is 0 Å². The Hall–Kier alpha value is -1.16. The lowest BCUT2D eigenvalue weighted by Crippen LogP contribution is -1.97. The molecule has 0 amide bonds. The van der Waals surface area contributed by atoms with E-state index in [0.717, 1.165) is 6.07 Å². The van der Waals surface area contributed by atoms with Gasteiger partial charge in [-0.1, -0.05) is 0 Å². The zero-order valence-corrected chi connectivity index (χ0v) is 7.64. The first-order valence-electron chi connectivity index (χ1n) is 3.55. The number of benzene rings is 1. The van der Waals surface area contributed by atoms with Crippen molar-refractivity contribution in [3.63, 3.8) is 0 Å². The van der Waals surface area contributed by atoms with Gasteiger partial charge < -0.3 is 0 Å². The third-order valence-corrected chi connectivity index (χ3v) is 1.96. The number of nitro groups is 1. The van der Waals surface area contributed by atoms with Crippen molar-refractivity contribution < 1.29 is 9.31 Å². The molecule has 3 nitrogen and oxygen atoms in total. The molecule has 1 aromatic rings. The Balaban J connectivity index is 3.31. The van der Waals surface area contributed by atoms with Gasteiger partial charge in [-0.15, -0.1) is 11.6 Å². The molecule has 0 saturated heterocycles. The molecule has 0 fully saturated rings. The minimum atomic E-state index is -0.833. The smallest absolute Gasteiger partial charge is 0.258 e. The molecule has 0 bridgehead atoms. The first-order valence-corrected chi connectivity index (χ1v) is 4.09. The fourth-order valence-corrected chi connectivity index (χ4v) is 1.27. The zero-order valence-electron chi connectivity index (χ0n) is 6.88. The van der Waals surface area contributed by atoms with Gasteiger partial charge >= 0.3 is 5.69 Å². The van der Waals surface area contributed by atoms with Crippen LogP contribution in [-0.4, -0.2) is 4.92 Å². The Morgan fingerprint density at radius 1 is 1.62 bits per heavy atom. The summed E-state index contributed by atoms with van der Waals surface area (Å²) >= 11 is 5.47. The largest absolute Gasteiger partial charge is 0.307 e. The van der Waals surface area contributed by atoms with Gasteiger partial charge in [0, 0.05) is 11.4 Å². The van der Waals surface area contributed by atoms with Crippen LogP contribution in [0.3, 0.4) is 0 Å². The van der Waals surface area contributed by atoms with Crippen molar-refractivity contribution >= 4 is 17.3 Å². The molecule has 0 N–H and O–H groups in total. The van der Waals surface area contributed by atoms with Crippen LogP contribution in [0.15, 0.2) is 12.1 Å². The van der Waals surface area contributed by atoms with Gasteiger partial charge in [0.1, 0.15) is 0 Å². The van der Waals surface area contributed by atoms with Gasteiger partial charge in [-0.2, -0.15) is 4.39 Å². The second kappa shape index (κ2) is 3.70. The second-order valence-corrected chi connectivity index (χ2v) is 2.90. The number of halogens is 2. The van der Waals surface area contributed by atoms with Crippen LogP contribution in [-0.2, 0) is 5.88 Å². The van der Waals surface area contributed by atoms with Crippen LogP contribution in [0.1, 0.15) is 11.1 Å². The highest BCUT2D eigenvalue weighted by Crippen LogP contribution is 2.24. The van der Waals surface area contributed by atoms with Crippen LogP contribution in [0, 0.1) is 22.9 Å². The molecule has 0 aliphatic carbocycles. The van der Waals surface area contributed by atoms with Crippen molar-refractivity contribution in [1.82, 2.24) is 0 Å². The van der Waals surface area contributed by atoms with Gasteiger partial charge in [0.2, 0.25) is 5.82 Å². The maximum absolute atomic E-state index is 13.0. The summed E-state index contributed by atoms with van der Waals surface area (Å²) in [5, 5.41) is 10.4. The molecule has 0 atom stereocenters. The quantitative estimate of drug-likeness (QED) is 0.421. The number of hydrogen-bond acceptors (Lipinski definition) is 2. The highest BCUT2D eigenvalue weighted by Gasteiger charge is 2.17. The van der Waals surface area contributed by atoms with E-state index in [4.69, 9.17) is 11.6 Å². The fourth-order valence-electron chi connectivity index (χ4n) is 1.12. The molecular formula is C8H7ClFNO2. The van der Waals surface area contributed by atoms with Gasteiger partial charge in [-0.3, -0.25) is 10.1 Å². The molecule has 0 aliphatic heterocycles. The average molecular weight is 204 g/mol. The molecule has 0 radical (unpaired) electrons. The van der Waals surface area contributed by atoms with Crippen molar-refractivity contribution in [1.29, 1.82) is 0 Å². The summed E-state index contributed by atoms with van der Waals surface area (Å²) in [6.45, 7) is 1.48. The highest BCUT2D eigenvalue weighted by molar-refractivity contribution is 6.17. The fraction of sp³-hybridized carbons (Fsp3) is 0.250. The van der Waals surface area contributed by atoms with Gasteiger partial charge in [0.25, 0.3) is 0 Å². The van der Waals surface area contributed by atoms with Gasteiger partial charge in [-0.05, 0) is 24.6 Å². The Labute approximate surface area is 79.3 Å². The van der Waals surface area contributed by atoms with Crippen LogP contribution < -0.4 is 0 Å². The molecule has 0 unspecified atom stereocenters. The monoisotopic (exact) mass is 203 g/mol. The third kappa shape index (κ3) is 1.95. The van der Waals surface area contributed by atoms with Gasteiger partial charge in [-0.25, -0.2) is 0 Å². The zero-order chi connectivity index (χ0) is 10.0. The molecule has 70 valence electrons. The molecule has 1 rings (SSSR count). The van der Waals surface area contributed by atoms with E-state index in [0.29, 0.717) is 11.1 Å². The lowest BCUT2D eigenvalue weighted by molar-refractivity contribution is -0.388.